The van der Waals surface area contributed by atoms with Crippen molar-refractivity contribution in [3.05, 3.63) is 83.9 Å². The Morgan fingerprint density at radius 1 is 0.917 bits per heavy atom. The van der Waals surface area contributed by atoms with Crippen LogP contribution >= 0.6 is 11.8 Å². The van der Waals surface area contributed by atoms with Crippen molar-refractivity contribution in [2.45, 2.75) is 37.6 Å². The molecule has 2 amide bonds. The van der Waals surface area contributed by atoms with Gasteiger partial charge in [-0.15, -0.1) is 0 Å². The standard InChI is InChI=1S/C28H28FNO5S/c1-3-24(29)23-18-22(14-15-25(23)35-21-8-5-4-6-9-21)34-17-7-16-33-20-12-10-19(11-13-20)28(2)26(31)30-27(32)36-28/h4-6,8-15,18,24H,3,7,16-17H2,1-2H3,(H,30,31,32). The van der Waals surface area contributed by atoms with Crippen LogP contribution in [0.1, 0.15) is 44.0 Å². The third kappa shape index (κ3) is 5.99. The molecule has 0 radical (unpaired) electrons. The molecule has 3 aromatic rings. The number of benzene rings is 3. The van der Waals surface area contributed by atoms with Gasteiger partial charge in [0.15, 0.2) is 0 Å². The van der Waals surface area contributed by atoms with Crippen LogP contribution < -0.4 is 19.5 Å². The lowest BCUT2D eigenvalue weighted by molar-refractivity contribution is -0.121. The van der Waals surface area contributed by atoms with Crippen molar-refractivity contribution in [2.24, 2.45) is 0 Å². The number of ether oxygens (including phenoxy) is 3. The topological polar surface area (TPSA) is 73.9 Å². The Hall–Kier alpha value is -3.52. The van der Waals surface area contributed by atoms with Crippen LogP contribution in [0.15, 0.2) is 72.8 Å². The van der Waals surface area contributed by atoms with E-state index in [9.17, 15) is 14.0 Å². The van der Waals surface area contributed by atoms with E-state index in [1.54, 1.807) is 56.3 Å². The molecule has 1 saturated heterocycles. The maximum absolute atomic E-state index is 14.6. The molecule has 0 bridgehead atoms. The fourth-order valence-corrected chi connectivity index (χ4v) is 4.67. The highest BCUT2D eigenvalue weighted by Crippen LogP contribution is 2.41. The van der Waals surface area contributed by atoms with Gasteiger partial charge in [0.2, 0.25) is 5.91 Å². The number of alkyl halides is 1. The maximum Gasteiger partial charge on any atom is 0.287 e. The van der Waals surface area contributed by atoms with Gasteiger partial charge in [0.1, 0.15) is 33.9 Å². The highest BCUT2D eigenvalue weighted by atomic mass is 32.2. The van der Waals surface area contributed by atoms with Crippen molar-refractivity contribution in [3.63, 3.8) is 0 Å². The minimum absolute atomic E-state index is 0.316. The fourth-order valence-electron chi connectivity index (χ4n) is 3.76. The highest BCUT2D eigenvalue weighted by Gasteiger charge is 2.45. The summed E-state index contributed by atoms with van der Waals surface area (Å²) in [6.07, 6.45) is -0.205. The fraction of sp³-hybridized carbons (Fsp3) is 0.286. The summed E-state index contributed by atoms with van der Waals surface area (Å²) in [5, 5.41) is 1.98. The molecular weight excluding hydrogens is 481 g/mol. The monoisotopic (exact) mass is 509 g/mol. The Morgan fingerprint density at radius 2 is 1.58 bits per heavy atom. The second-order valence-electron chi connectivity index (χ2n) is 8.44. The minimum Gasteiger partial charge on any atom is -0.493 e. The second kappa shape index (κ2) is 11.5. The molecule has 4 rings (SSSR count). The van der Waals surface area contributed by atoms with E-state index in [0.717, 1.165) is 17.3 Å². The van der Waals surface area contributed by atoms with Crippen LogP contribution in [-0.2, 0) is 9.54 Å². The van der Waals surface area contributed by atoms with Gasteiger partial charge in [-0.1, -0.05) is 37.3 Å². The summed E-state index contributed by atoms with van der Waals surface area (Å²) in [5.41, 5.74) is 1.19. The van der Waals surface area contributed by atoms with Gasteiger partial charge in [0, 0.05) is 12.0 Å². The Bertz CT molecular complexity index is 1200. The van der Waals surface area contributed by atoms with E-state index in [4.69, 9.17) is 14.2 Å². The zero-order valence-electron chi connectivity index (χ0n) is 20.2. The number of hydrogen-bond acceptors (Lipinski definition) is 6. The number of nitrogens with one attached hydrogen (secondary N) is 1. The molecule has 3 aromatic carbocycles. The first-order chi connectivity index (χ1) is 17.4. The van der Waals surface area contributed by atoms with Crippen molar-refractivity contribution in [3.8, 4) is 23.0 Å². The summed E-state index contributed by atoms with van der Waals surface area (Å²) in [6, 6.07) is 21.6. The van der Waals surface area contributed by atoms with Crippen molar-refractivity contribution < 1.29 is 28.2 Å². The first-order valence-corrected chi connectivity index (χ1v) is 12.6. The number of thioether (sulfide) groups is 1. The van der Waals surface area contributed by atoms with E-state index >= 15 is 0 Å². The lowest BCUT2D eigenvalue weighted by Gasteiger charge is -2.19. The van der Waals surface area contributed by atoms with Gasteiger partial charge in [-0.3, -0.25) is 14.9 Å². The lowest BCUT2D eigenvalue weighted by Crippen LogP contribution is -2.31. The van der Waals surface area contributed by atoms with E-state index in [2.05, 4.69) is 5.32 Å². The van der Waals surface area contributed by atoms with E-state index in [-0.39, 0.29) is 11.1 Å². The van der Waals surface area contributed by atoms with Gasteiger partial charge in [0.25, 0.3) is 5.24 Å². The third-order valence-corrected chi connectivity index (χ3v) is 6.94. The number of carbonyl (C=O) groups is 2. The van der Waals surface area contributed by atoms with Gasteiger partial charge in [-0.25, -0.2) is 4.39 Å². The number of carbonyl (C=O) groups excluding carboxylic acids is 2. The molecule has 0 aliphatic carbocycles. The highest BCUT2D eigenvalue weighted by molar-refractivity contribution is 8.15. The lowest BCUT2D eigenvalue weighted by atomic mass is 9.99. The molecule has 1 fully saturated rings. The van der Waals surface area contributed by atoms with E-state index in [0.29, 0.717) is 54.6 Å². The number of halogens is 1. The number of hydrogen-bond donors (Lipinski definition) is 1. The predicted molar refractivity (Wildman–Crippen MR) is 138 cm³/mol. The SMILES string of the molecule is CCC(F)c1cc(OCCCOc2ccc(C3(C)SC(=O)NC3=O)cc2)ccc1Oc1ccccc1. The van der Waals surface area contributed by atoms with Crippen LogP contribution in [0.25, 0.3) is 0 Å². The molecule has 36 heavy (non-hydrogen) atoms. The largest absolute Gasteiger partial charge is 0.493 e. The number of para-hydroxylation sites is 1. The van der Waals surface area contributed by atoms with Crippen molar-refractivity contribution in [2.75, 3.05) is 13.2 Å². The van der Waals surface area contributed by atoms with E-state index < -0.39 is 10.9 Å². The summed E-state index contributed by atoms with van der Waals surface area (Å²) in [6.45, 7) is 4.33. The van der Waals surface area contributed by atoms with Gasteiger partial charge >= 0.3 is 0 Å². The average Bonchev–Trinajstić information content (AvgIpc) is 3.16. The maximum atomic E-state index is 14.6. The molecule has 1 N–H and O–H groups in total. The molecule has 1 heterocycles. The van der Waals surface area contributed by atoms with Gasteiger partial charge in [0.05, 0.1) is 13.2 Å². The molecule has 6 nitrogen and oxygen atoms in total. The van der Waals surface area contributed by atoms with Crippen LogP contribution in [0.4, 0.5) is 9.18 Å². The molecule has 8 heteroatoms. The summed E-state index contributed by atoms with van der Waals surface area (Å²) in [7, 11) is 0. The molecule has 2 atom stereocenters. The zero-order chi connectivity index (χ0) is 25.5. The van der Waals surface area contributed by atoms with Crippen molar-refractivity contribution in [1.82, 2.24) is 5.32 Å². The third-order valence-electron chi connectivity index (χ3n) is 5.83. The van der Waals surface area contributed by atoms with Crippen LogP contribution in [0.3, 0.4) is 0 Å². The number of imide groups is 1. The Balaban J connectivity index is 1.28. The van der Waals surface area contributed by atoms with Crippen molar-refractivity contribution in [1.29, 1.82) is 0 Å². The molecule has 188 valence electrons. The predicted octanol–water partition coefficient (Wildman–Crippen LogP) is 6.95. The average molecular weight is 510 g/mol. The van der Waals surface area contributed by atoms with Crippen LogP contribution in [0.2, 0.25) is 0 Å². The smallest absolute Gasteiger partial charge is 0.287 e. The molecule has 1 aliphatic heterocycles. The summed E-state index contributed by atoms with van der Waals surface area (Å²) < 4.78 is 31.2. The Kier molecular flexibility index (Phi) is 8.15. The second-order valence-corrected chi connectivity index (χ2v) is 9.83. The van der Waals surface area contributed by atoms with Gasteiger partial charge < -0.3 is 14.2 Å². The van der Waals surface area contributed by atoms with Crippen LogP contribution in [0.5, 0.6) is 23.0 Å². The summed E-state index contributed by atoms with van der Waals surface area (Å²) in [4.78, 5) is 23.6. The molecule has 0 aromatic heterocycles. The molecule has 0 saturated carbocycles. The Labute approximate surface area is 214 Å². The number of amides is 2. The molecule has 2 unspecified atom stereocenters. The molecule has 1 aliphatic rings. The number of rotatable bonds is 11. The molecule has 0 spiro atoms. The summed E-state index contributed by atoms with van der Waals surface area (Å²) >= 11 is 0.974. The minimum atomic E-state index is -1.16. The van der Waals surface area contributed by atoms with Crippen molar-refractivity contribution >= 4 is 22.9 Å². The van der Waals surface area contributed by atoms with Gasteiger partial charge in [-0.05, 0) is 73.1 Å². The van der Waals surface area contributed by atoms with Gasteiger partial charge in [-0.2, -0.15) is 0 Å². The van der Waals surface area contributed by atoms with E-state index in [1.165, 1.54) is 0 Å². The summed E-state index contributed by atoms with van der Waals surface area (Å²) in [5.74, 6) is 2.03. The Morgan fingerprint density at radius 3 is 2.22 bits per heavy atom. The first-order valence-electron chi connectivity index (χ1n) is 11.8. The van der Waals surface area contributed by atoms with Crippen LogP contribution in [-0.4, -0.2) is 24.4 Å². The normalized spacial score (nSPS) is 18.0. The zero-order valence-corrected chi connectivity index (χ0v) is 21.0. The first kappa shape index (κ1) is 25.6. The quantitative estimate of drug-likeness (QED) is 0.282. The van der Waals surface area contributed by atoms with E-state index in [1.807, 2.05) is 30.3 Å². The molecular formula is C28H28FNO5S. The van der Waals surface area contributed by atoms with Crippen LogP contribution in [0, 0.1) is 0 Å².